The van der Waals surface area contributed by atoms with Crippen LogP contribution in [0.4, 0.5) is 9.57 Å². The number of sulfonamides is 1. The third-order valence-corrected chi connectivity index (χ3v) is 4.78. The number of para-hydroxylation sites is 1. The second-order valence-electron chi connectivity index (χ2n) is 4.09. The number of hydrogen-bond donors (Lipinski definition) is 2. The van der Waals surface area contributed by atoms with E-state index in [1.807, 2.05) is 4.72 Å². The lowest BCUT2D eigenvalue weighted by molar-refractivity contribution is 0.552. The number of halogens is 1. The summed E-state index contributed by atoms with van der Waals surface area (Å²) in [5.74, 6) is 0.460. The summed E-state index contributed by atoms with van der Waals surface area (Å²) >= 11 is 0. The molecule has 0 spiro atoms. The van der Waals surface area contributed by atoms with Crippen molar-refractivity contribution in [1.82, 2.24) is 9.97 Å². The number of imidazole rings is 1. The monoisotopic (exact) mass is 333 g/mol. The van der Waals surface area contributed by atoms with Gasteiger partial charge in [0.2, 0.25) is 0 Å². The normalized spacial score (nSPS) is 12.3. The van der Waals surface area contributed by atoms with E-state index in [2.05, 4.69) is 9.97 Å². The molecule has 0 amide bonds. The molecule has 0 atom stereocenters. The van der Waals surface area contributed by atoms with Gasteiger partial charge < -0.3 is 4.98 Å². The summed E-state index contributed by atoms with van der Waals surface area (Å²) in [7, 11) is -9.12. The van der Waals surface area contributed by atoms with E-state index < -0.39 is 25.1 Å². The maximum Gasteiger partial charge on any atom is 0.334 e. The molecule has 114 valence electrons. The number of aryl methyl sites for hydroxylation is 1. The zero-order valence-corrected chi connectivity index (χ0v) is 12.5. The first kappa shape index (κ1) is 15.4. The zero-order chi connectivity index (χ0) is 15.7. The van der Waals surface area contributed by atoms with Crippen LogP contribution in [-0.4, -0.2) is 26.8 Å². The van der Waals surface area contributed by atoms with E-state index in [4.69, 9.17) is 0 Å². The molecule has 2 N–H and O–H groups in total. The summed E-state index contributed by atoms with van der Waals surface area (Å²) in [6.45, 7) is 1.79. The average molecular weight is 333 g/mol. The van der Waals surface area contributed by atoms with Crippen LogP contribution in [0.25, 0.3) is 0 Å². The van der Waals surface area contributed by atoms with Crippen molar-refractivity contribution < 1.29 is 20.7 Å². The standard InChI is InChI=1S/C11H12FN3O4S2/c1-2-10-13-7-11(14-10)21(18,19)15-8-5-3-4-6-9(8)20(12,16)17/h3-7,15H,2H2,1H3,(H,13,14). The molecule has 0 fully saturated rings. The number of H-pyrrole nitrogens is 1. The van der Waals surface area contributed by atoms with E-state index in [0.29, 0.717) is 12.2 Å². The number of aromatic nitrogens is 2. The van der Waals surface area contributed by atoms with E-state index in [0.717, 1.165) is 18.3 Å². The average Bonchev–Trinajstić information content (AvgIpc) is 2.87. The molecule has 21 heavy (non-hydrogen) atoms. The first-order valence-corrected chi connectivity index (χ1v) is 8.71. The quantitative estimate of drug-likeness (QED) is 0.805. The third-order valence-electron chi connectivity index (χ3n) is 2.62. The Morgan fingerprint density at radius 2 is 1.90 bits per heavy atom. The molecule has 10 heteroatoms. The number of anilines is 1. The molecule has 1 aromatic heterocycles. The number of rotatable bonds is 5. The fourth-order valence-corrected chi connectivity index (χ4v) is 3.33. The second kappa shape index (κ2) is 5.45. The largest absolute Gasteiger partial charge is 0.334 e. The summed E-state index contributed by atoms with van der Waals surface area (Å²) in [5, 5.41) is -0.231. The highest BCUT2D eigenvalue weighted by molar-refractivity contribution is 7.92. The van der Waals surface area contributed by atoms with Crippen LogP contribution in [0.3, 0.4) is 0 Å². The Morgan fingerprint density at radius 1 is 1.24 bits per heavy atom. The molecule has 1 aromatic carbocycles. The topological polar surface area (TPSA) is 109 Å². The van der Waals surface area contributed by atoms with Crippen molar-refractivity contribution in [2.75, 3.05) is 4.72 Å². The maximum atomic E-state index is 13.1. The van der Waals surface area contributed by atoms with Crippen LogP contribution in [-0.2, 0) is 26.7 Å². The van der Waals surface area contributed by atoms with Crippen LogP contribution >= 0.6 is 0 Å². The van der Waals surface area contributed by atoms with Gasteiger partial charge in [0, 0.05) is 6.42 Å². The van der Waals surface area contributed by atoms with Crippen molar-refractivity contribution in [3.05, 3.63) is 36.3 Å². The first-order chi connectivity index (χ1) is 9.74. The molecule has 7 nitrogen and oxygen atoms in total. The number of hydrogen-bond acceptors (Lipinski definition) is 5. The molecule has 0 aliphatic heterocycles. The van der Waals surface area contributed by atoms with Crippen LogP contribution in [0.1, 0.15) is 12.7 Å². The van der Waals surface area contributed by atoms with Gasteiger partial charge in [-0.1, -0.05) is 19.1 Å². The summed E-state index contributed by atoms with van der Waals surface area (Å²) in [4.78, 5) is 5.68. The van der Waals surface area contributed by atoms with E-state index >= 15 is 0 Å². The fraction of sp³-hybridized carbons (Fsp3) is 0.182. The second-order valence-corrected chi connectivity index (χ2v) is 7.05. The Bertz CT molecular complexity index is 859. The van der Waals surface area contributed by atoms with Crippen molar-refractivity contribution >= 4 is 25.9 Å². The zero-order valence-electron chi connectivity index (χ0n) is 10.9. The van der Waals surface area contributed by atoms with Crippen LogP contribution < -0.4 is 4.72 Å². The highest BCUT2D eigenvalue weighted by atomic mass is 32.3. The third kappa shape index (κ3) is 3.39. The summed E-state index contributed by atoms with van der Waals surface area (Å²) < 4.78 is 61.4. The Morgan fingerprint density at radius 3 is 2.48 bits per heavy atom. The van der Waals surface area contributed by atoms with Gasteiger partial charge in [-0.25, -0.2) is 4.98 Å². The van der Waals surface area contributed by atoms with Gasteiger partial charge in [0.15, 0.2) is 5.03 Å². The van der Waals surface area contributed by atoms with Gasteiger partial charge in [-0.3, -0.25) is 4.72 Å². The fourth-order valence-electron chi connectivity index (χ4n) is 1.62. The minimum Gasteiger partial charge on any atom is -0.332 e. The van der Waals surface area contributed by atoms with Gasteiger partial charge in [-0.05, 0) is 12.1 Å². The summed E-state index contributed by atoms with van der Waals surface area (Å²) in [6, 6.07) is 4.80. The van der Waals surface area contributed by atoms with Crippen molar-refractivity contribution in [1.29, 1.82) is 0 Å². The molecular weight excluding hydrogens is 321 g/mol. The number of nitrogens with one attached hydrogen (secondary N) is 2. The number of benzene rings is 1. The van der Waals surface area contributed by atoms with E-state index in [-0.39, 0.29) is 10.7 Å². The van der Waals surface area contributed by atoms with Gasteiger partial charge >= 0.3 is 10.2 Å². The van der Waals surface area contributed by atoms with Crippen LogP contribution in [0, 0.1) is 0 Å². The SMILES string of the molecule is CCc1ncc(S(=O)(=O)Nc2ccccc2S(=O)(=O)F)[nH]1. The molecular formula is C11H12FN3O4S2. The first-order valence-electron chi connectivity index (χ1n) is 5.84. The smallest absolute Gasteiger partial charge is 0.332 e. The molecule has 0 aliphatic rings. The van der Waals surface area contributed by atoms with Gasteiger partial charge in [-0.2, -0.15) is 16.8 Å². The molecule has 0 aliphatic carbocycles. The molecule has 0 radical (unpaired) electrons. The minimum atomic E-state index is -5.04. The highest BCUT2D eigenvalue weighted by Gasteiger charge is 2.23. The van der Waals surface area contributed by atoms with Crippen molar-refractivity contribution in [2.45, 2.75) is 23.3 Å². The van der Waals surface area contributed by atoms with Crippen molar-refractivity contribution in [3.8, 4) is 0 Å². The Labute approximate surface area is 121 Å². The maximum absolute atomic E-state index is 13.1. The Kier molecular flexibility index (Phi) is 4.01. The van der Waals surface area contributed by atoms with Gasteiger partial charge in [0.05, 0.1) is 11.9 Å². The Balaban J connectivity index is 2.42. The molecule has 0 bridgehead atoms. The Hall–Kier alpha value is -1.94. The molecule has 2 aromatic rings. The van der Waals surface area contributed by atoms with Crippen LogP contribution in [0.15, 0.2) is 40.4 Å². The van der Waals surface area contributed by atoms with Crippen molar-refractivity contribution in [2.24, 2.45) is 0 Å². The van der Waals surface area contributed by atoms with Gasteiger partial charge in [0.1, 0.15) is 10.7 Å². The molecule has 0 saturated carbocycles. The lowest BCUT2D eigenvalue weighted by atomic mass is 10.3. The number of aromatic amines is 1. The van der Waals surface area contributed by atoms with E-state index in [1.165, 1.54) is 12.1 Å². The molecule has 2 rings (SSSR count). The molecule has 0 saturated heterocycles. The van der Waals surface area contributed by atoms with Gasteiger partial charge in [-0.15, -0.1) is 3.89 Å². The minimum absolute atomic E-state index is 0.231. The molecule has 0 unspecified atom stereocenters. The predicted octanol–water partition coefficient (Wildman–Crippen LogP) is 1.43. The van der Waals surface area contributed by atoms with E-state index in [1.54, 1.807) is 6.92 Å². The van der Waals surface area contributed by atoms with Gasteiger partial charge in [0.25, 0.3) is 10.0 Å². The summed E-state index contributed by atoms with van der Waals surface area (Å²) in [6.07, 6.45) is 1.61. The highest BCUT2D eigenvalue weighted by Crippen LogP contribution is 2.25. The summed E-state index contributed by atoms with van der Waals surface area (Å²) in [5.41, 5.74) is -0.368. The van der Waals surface area contributed by atoms with Crippen molar-refractivity contribution in [3.63, 3.8) is 0 Å². The van der Waals surface area contributed by atoms with Crippen LogP contribution in [0.2, 0.25) is 0 Å². The lowest BCUT2D eigenvalue weighted by Crippen LogP contribution is -2.15. The lowest BCUT2D eigenvalue weighted by Gasteiger charge is -2.08. The predicted molar refractivity (Wildman–Crippen MR) is 73.5 cm³/mol. The van der Waals surface area contributed by atoms with Crippen LogP contribution in [0.5, 0.6) is 0 Å². The molecule has 1 heterocycles. The van der Waals surface area contributed by atoms with E-state index in [9.17, 15) is 20.7 Å². The number of nitrogens with zero attached hydrogens (tertiary/aromatic N) is 1.